The highest BCUT2D eigenvalue weighted by Crippen LogP contribution is 2.28. The molecule has 2 aromatic rings. The normalized spacial score (nSPS) is 21.9. The zero-order valence-electron chi connectivity index (χ0n) is 12.7. The summed E-state index contributed by atoms with van der Waals surface area (Å²) in [5.74, 6) is 2.31. The van der Waals surface area contributed by atoms with E-state index >= 15 is 0 Å². The van der Waals surface area contributed by atoms with E-state index in [0.29, 0.717) is 5.92 Å². The lowest BCUT2D eigenvalue weighted by Gasteiger charge is -2.25. The average molecular weight is 282 g/mol. The molecule has 21 heavy (non-hydrogen) atoms. The molecule has 4 nitrogen and oxygen atoms in total. The van der Waals surface area contributed by atoms with Gasteiger partial charge in [0.15, 0.2) is 0 Å². The Hall–Kier alpha value is -2.10. The summed E-state index contributed by atoms with van der Waals surface area (Å²) in [6, 6.07) is 4.09. The van der Waals surface area contributed by atoms with Crippen LogP contribution in [-0.4, -0.2) is 21.1 Å². The molecule has 2 unspecified atom stereocenters. The molecule has 0 radical (unpaired) electrons. The van der Waals surface area contributed by atoms with Crippen molar-refractivity contribution in [3.05, 3.63) is 48.7 Å². The van der Waals surface area contributed by atoms with E-state index in [9.17, 15) is 0 Å². The minimum Gasteiger partial charge on any atom is -0.384 e. The smallest absolute Gasteiger partial charge is 0.137 e. The Morgan fingerprint density at radius 2 is 2.29 bits per heavy atom. The zero-order chi connectivity index (χ0) is 14.7. The Kier molecular flexibility index (Phi) is 4.04. The fourth-order valence-corrected chi connectivity index (χ4v) is 3.14. The van der Waals surface area contributed by atoms with Crippen LogP contribution in [0.5, 0.6) is 0 Å². The largest absolute Gasteiger partial charge is 0.384 e. The van der Waals surface area contributed by atoms with Crippen molar-refractivity contribution >= 4 is 5.69 Å². The lowest BCUT2D eigenvalue weighted by molar-refractivity contribution is 0.421. The molecule has 0 amide bonds. The minimum atomic E-state index is 0.701. The van der Waals surface area contributed by atoms with Gasteiger partial charge in [0.2, 0.25) is 0 Å². The second kappa shape index (κ2) is 6.12. The van der Waals surface area contributed by atoms with Crippen LogP contribution in [0, 0.1) is 11.8 Å². The van der Waals surface area contributed by atoms with Gasteiger partial charge in [-0.3, -0.25) is 4.57 Å². The van der Waals surface area contributed by atoms with Gasteiger partial charge in [0.25, 0.3) is 0 Å². The lowest BCUT2D eigenvalue weighted by Crippen LogP contribution is -2.20. The summed E-state index contributed by atoms with van der Waals surface area (Å²) in [5, 5.41) is 3.51. The Morgan fingerprint density at radius 3 is 2.95 bits per heavy atom. The third-order valence-corrected chi connectivity index (χ3v) is 4.00. The molecular formula is C17H22N4. The van der Waals surface area contributed by atoms with Crippen LogP contribution in [0.2, 0.25) is 0 Å². The van der Waals surface area contributed by atoms with Crippen LogP contribution < -0.4 is 5.32 Å². The molecule has 0 aromatic carbocycles. The predicted molar refractivity (Wildman–Crippen MR) is 85.5 cm³/mol. The maximum atomic E-state index is 4.46. The summed E-state index contributed by atoms with van der Waals surface area (Å²) in [7, 11) is 0. The number of imidazole rings is 1. The predicted octanol–water partition coefficient (Wildman–Crippen LogP) is 3.67. The summed E-state index contributed by atoms with van der Waals surface area (Å²) >= 11 is 0. The van der Waals surface area contributed by atoms with Gasteiger partial charge < -0.3 is 5.32 Å². The van der Waals surface area contributed by atoms with Crippen molar-refractivity contribution in [2.75, 3.05) is 11.9 Å². The van der Waals surface area contributed by atoms with E-state index in [4.69, 9.17) is 0 Å². The molecule has 0 spiro atoms. The Labute approximate surface area is 125 Å². The maximum absolute atomic E-state index is 4.46. The summed E-state index contributed by atoms with van der Waals surface area (Å²) in [6.07, 6.45) is 12.2. The lowest BCUT2D eigenvalue weighted by atomic mass is 9.84. The van der Waals surface area contributed by atoms with Crippen LogP contribution in [0.4, 0.5) is 5.69 Å². The van der Waals surface area contributed by atoms with Crippen LogP contribution >= 0.6 is 0 Å². The molecule has 0 bridgehead atoms. The van der Waals surface area contributed by atoms with Crippen molar-refractivity contribution in [3.63, 3.8) is 0 Å². The van der Waals surface area contributed by atoms with E-state index in [1.807, 2.05) is 23.0 Å². The first kappa shape index (κ1) is 13.9. The molecule has 3 rings (SSSR count). The summed E-state index contributed by atoms with van der Waals surface area (Å²) < 4.78 is 1.90. The van der Waals surface area contributed by atoms with Gasteiger partial charge in [0.05, 0.1) is 11.9 Å². The quantitative estimate of drug-likeness (QED) is 0.870. The number of allylic oxidation sites excluding steroid dienone is 2. The highest BCUT2D eigenvalue weighted by molar-refractivity contribution is 5.43. The molecule has 110 valence electrons. The number of nitrogens with one attached hydrogen (secondary N) is 1. The fourth-order valence-electron chi connectivity index (χ4n) is 3.14. The van der Waals surface area contributed by atoms with Crippen LogP contribution in [0.3, 0.4) is 0 Å². The second-order valence-corrected chi connectivity index (χ2v) is 6.05. The van der Waals surface area contributed by atoms with Gasteiger partial charge in [-0.15, -0.1) is 0 Å². The molecule has 1 N–H and O–H groups in total. The van der Waals surface area contributed by atoms with Gasteiger partial charge in [0.1, 0.15) is 12.1 Å². The fraction of sp³-hybridized carbons (Fsp3) is 0.412. The Morgan fingerprint density at radius 1 is 1.38 bits per heavy atom. The number of aromatic nitrogens is 3. The number of nitrogens with zero attached hydrogens (tertiary/aromatic N) is 3. The third-order valence-electron chi connectivity index (χ3n) is 4.00. The van der Waals surface area contributed by atoms with E-state index in [2.05, 4.69) is 41.3 Å². The van der Waals surface area contributed by atoms with Crippen LogP contribution in [0.1, 0.15) is 26.7 Å². The first-order valence-corrected chi connectivity index (χ1v) is 7.56. The Balaban J connectivity index is 1.58. The summed E-state index contributed by atoms with van der Waals surface area (Å²) in [4.78, 5) is 8.50. The zero-order valence-corrected chi connectivity index (χ0v) is 12.7. The molecule has 1 aliphatic carbocycles. The topological polar surface area (TPSA) is 42.7 Å². The summed E-state index contributed by atoms with van der Waals surface area (Å²) in [6.45, 7) is 5.56. The molecule has 2 atom stereocenters. The Bertz CT molecular complexity index is 598. The standard InChI is InChI=1S/C17H22N4/c1-13-7-14(2)9-15(8-13)10-19-16-3-4-17(20-11-16)21-6-5-18-12-21/h3-7,11-13,15,19H,8-10H2,1-2H3. The van der Waals surface area contributed by atoms with Crippen LogP contribution in [-0.2, 0) is 0 Å². The van der Waals surface area contributed by atoms with E-state index in [0.717, 1.165) is 24.0 Å². The van der Waals surface area contributed by atoms with Crippen molar-refractivity contribution in [2.24, 2.45) is 11.8 Å². The van der Waals surface area contributed by atoms with E-state index in [-0.39, 0.29) is 0 Å². The van der Waals surface area contributed by atoms with Crippen molar-refractivity contribution in [2.45, 2.75) is 26.7 Å². The second-order valence-electron chi connectivity index (χ2n) is 6.05. The van der Waals surface area contributed by atoms with E-state index < -0.39 is 0 Å². The van der Waals surface area contributed by atoms with Gasteiger partial charge in [-0.1, -0.05) is 18.6 Å². The first-order valence-electron chi connectivity index (χ1n) is 7.56. The number of anilines is 1. The maximum Gasteiger partial charge on any atom is 0.137 e. The monoisotopic (exact) mass is 282 g/mol. The molecule has 0 saturated heterocycles. The van der Waals surface area contributed by atoms with Gasteiger partial charge in [-0.2, -0.15) is 0 Å². The molecule has 0 aliphatic heterocycles. The average Bonchev–Trinajstić information content (AvgIpc) is 2.99. The molecule has 0 fully saturated rings. The van der Waals surface area contributed by atoms with Crippen LogP contribution in [0.25, 0.3) is 5.82 Å². The molecular weight excluding hydrogens is 260 g/mol. The van der Waals surface area contributed by atoms with Gasteiger partial charge in [-0.25, -0.2) is 9.97 Å². The highest BCUT2D eigenvalue weighted by atomic mass is 15.1. The molecule has 2 aromatic heterocycles. The molecule has 0 saturated carbocycles. The SMILES string of the molecule is CC1=CC(C)CC(CNc2ccc(-n3ccnc3)nc2)C1. The van der Waals surface area contributed by atoms with E-state index in [1.54, 1.807) is 12.5 Å². The number of hydrogen-bond donors (Lipinski definition) is 1. The third kappa shape index (κ3) is 3.51. The molecule has 2 heterocycles. The minimum absolute atomic E-state index is 0.701. The first-order chi connectivity index (χ1) is 10.2. The number of pyridine rings is 1. The van der Waals surface area contributed by atoms with Crippen molar-refractivity contribution in [1.82, 2.24) is 14.5 Å². The van der Waals surface area contributed by atoms with Gasteiger partial charge in [-0.05, 0) is 43.7 Å². The van der Waals surface area contributed by atoms with Crippen molar-refractivity contribution < 1.29 is 0 Å². The summed E-state index contributed by atoms with van der Waals surface area (Å²) in [5.41, 5.74) is 2.60. The number of rotatable bonds is 4. The highest BCUT2D eigenvalue weighted by Gasteiger charge is 2.17. The molecule has 4 heteroatoms. The number of hydrogen-bond acceptors (Lipinski definition) is 3. The van der Waals surface area contributed by atoms with Gasteiger partial charge >= 0.3 is 0 Å². The van der Waals surface area contributed by atoms with Crippen molar-refractivity contribution in [1.29, 1.82) is 0 Å². The van der Waals surface area contributed by atoms with Crippen LogP contribution in [0.15, 0.2) is 48.7 Å². The van der Waals surface area contributed by atoms with Crippen molar-refractivity contribution in [3.8, 4) is 5.82 Å². The van der Waals surface area contributed by atoms with Gasteiger partial charge in [0, 0.05) is 18.9 Å². The van der Waals surface area contributed by atoms with E-state index in [1.165, 1.54) is 18.4 Å². The molecule has 1 aliphatic rings.